The Hall–Kier alpha value is -4.24. The summed E-state index contributed by atoms with van der Waals surface area (Å²) in [4.78, 5) is 30.4. The molecule has 2 heterocycles. The minimum absolute atomic E-state index is 0.118. The number of ketones is 1. The Balaban J connectivity index is 1.48. The van der Waals surface area contributed by atoms with Crippen LogP contribution in [0.4, 0.5) is 5.69 Å². The molecule has 0 aliphatic heterocycles. The first-order valence-corrected chi connectivity index (χ1v) is 11.6. The van der Waals surface area contributed by atoms with Crippen molar-refractivity contribution in [3.63, 3.8) is 0 Å². The molecule has 0 atom stereocenters. The van der Waals surface area contributed by atoms with Gasteiger partial charge in [-0.1, -0.05) is 42.5 Å². The van der Waals surface area contributed by atoms with Crippen molar-refractivity contribution in [2.45, 2.75) is 11.4 Å². The molecule has 0 spiro atoms. The van der Waals surface area contributed by atoms with Crippen LogP contribution in [-0.2, 0) is 16.6 Å². The molecule has 0 aliphatic rings. The number of imidazole rings is 1. The van der Waals surface area contributed by atoms with E-state index >= 15 is 0 Å². The van der Waals surface area contributed by atoms with E-state index in [0.717, 1.165) is 0 Å². The molecule has 9 heteroatoms. The number of Topliss-reactive ketones (excluding diaryl/α,β-unsaturated/α-hetero) is 1. The molecule has 164 valence electrons. The molecule has 33 heavy (non-hydrogen) atoms. The van der Waals surface area contributed by atoms with Gasteiger partial charge >= 0.3 is 0 Å². The van der Waals surface area contributed by atoms with Gasteiger partial charge in [0.1, 0.15) is 12.0 Å². The van der Waals surface area contributed by atoms with E-state index in [1.807, 2.05) is 12.1 Å². The highest BCUT2D eigenvalue weighted by atomic mass is 32.2. The third kappa shape index (κ3) is 3.79. The highest BCUT2D eigenvalue weighted by Crippen LogP contribution is 2.19. The van der Waals surface area contributed by atoms with Crippen LogP contribution in [-0.4, -0.2) is 28.2 Å². The van der Waals surface area contributed by atoms with Gasteiger partial charge < -0.3 is 0 Å². The number of hydrogen-bond acceptors (Lipinski definition) is 5. The standard InChI is InChI=1S/C24H18N4O4S/c29-22(15-27-23-14-25-16-28(23)21-12-5-4-11-20(21)24(27)30)17-7-6-8-18(13-17)26-33(31,32)19-9-2-1-3-10-19/h1-14,16,26H,15H2. The minimum Gasteiger partial charge on any atom is -0.292 e. The molecular weight excluding hydrogens is 440 g/mol. The second kappa shape index (κ2) is 8.03. The van der Waals surface area contributed by atoms with Gasteiger partial charge in [0.15, 0.2) is 5.78 Å². The van der Waals surface area contributed by atoms with Gasteiger partial charge in [-0.3, -0.25) is 23.3 Å². The minimum atomic E-state index is -3.80. The maximum atomic E-state index is 13.1. The Morgan fingerprint density at radius 3 is 2.52 bits per heavy atom. The van der Waals surface area contributed by atoms with Gasteiger partial charge in [-0.15, -0.1) is 0 Å². The van der Waals surface area contributed by atoms with E-state index in [1.165, 1.54) is 29.0 Å². The highest BCUT2D eigenvalue weighted by Gasteiger charge is 2.17. The summed E-state index contributed by atoms with van der Waals surface area (Å²) in [6.07, 6.45) is 3.13. The number of aromatic nitrogens is 3. The van der Waals surface area contributed by atoms with Crippen LogP contribution in [0.5, 0.6) is 0 Å². The van der Waals surface area contributed by atoms with Gasteiger partial charge in [-0.25, -0.2) is 13.4 Å². The summed E-state index contributed by atoms with van der Waals surface area (Å²) in [6.45, 7) is -0.215. The molecule has 0 aliphatic carbocycles. The fraction of sp³-hybridized carbons (Fsp3) is 0.0417. The van der Waals surface area contributed by atoms with E-state index in [1.54, 1.807) is 59.3 Å². The summed E-state index contributed by atoms with van der Waals surface area (Å²) in [5, 5.41) is 0.472. The van der Waals surface area contributed by atoms with Crippen LogP contribution in [0, 0.1) is 0 Å². The van der Waals surface area contributed by atoms with Crippen LogP contribution in [0.1, 0.15) is 10.4 Å². The van der Waals surface area contributed by atoms with E-state index < -0.39 is 10.0 Å². The molecule has 3 aromatic carbocycles. The molecule has 2 aromatic heterocycles. The van der Waals surface area contributed by atoms with Crippen molar-refractivity contribution in [2.24, 2.45) is 0 Å². The second-order valence-electron chi connectivity index (χ2n) is 7.45. The van der Waals surface area contributed by atoms with Gasteiger partial charge in [-0.05, 0) is 36.4 Å². The highest BCUT2D eigenvalue weighted by molar-refractivity contribution is 7.92. The third-order valence-electron chi connectivity index (χ3n) is 5.33. The summed E-state index contributed by atoms with van der Waals surface area (Å²) >= 11 is 0. The molecule has 0 unspecified atom stereocenters. The molecule has 0 bridgehead atoms. The Labute approximate surface area is 188 Å². The first-order valence-electron chi connectivity index (χ1n) is 10.1. The number of rotatable bonds is 6. The molecule has 0 fully saturated rings. The van der Waals surface area contributed by atoms with Crippen LogP contribution in [0.2, 0.25) is 0 Å². The lowest BCUT2D eigenvalue weighted by atomic mass is 10.1. The van der Waals surface area contributed by atoms with E-state index in [-0.39, 0.29) is 34.0 Å². The number of nitrogens with one attached hydrogen (secondary N) is 1. The van der Waals surface area contributed by atoms with Crippen molar-refractivity contribution in [2.75, 3.05) is 4.72 Å². The summed E-state index contributed by atoms with van der Waals surface area (Å²) in [7, 11) is -3.80. The van der Waals surface area contributed by atoms with Gasteiger partial charge in [-0.2, -0.15) is 0 Å². The maximum absolute atomic E-state index is 13.1. The Bertz CT molecular complexity index is 1670. The molecule has 5 aromatic rings. The zero-order chi connectivity index (χ0) is 23.0. The van der Waals surface area contributed by atoms with E-state index in [9.17, 15) is 18.0 Å². The lowest BCUT2D eigenvalue weighted by Crippen LogP contribution is -2.26. The number of fused-ring (bicyclic) bond motifs is 3. The molecule has 8 nitrogen and oxygen atoms in total. The fourth-order valence-corrected chi connectivity index (χ4v) is 4.82. The van der Waals surface area contributed by atoms with Crippen molar-refractivity contribution in [1.29, 1.82) is 0 Å². The van der Waals surface area contributed by atoms with Gasteiger partial charge in [0.05, 0.1) is 28.5 Å². The second-order valence-corrected chi connectivity index (χ2v) is 9.14. The normalized spacial score (nSPS) is 11.6. The zero-order valence-corrected chi connectivity index (χ0v) is 18.1. The van der Waals surface area contributed by atoms with Crippen molar-refractivity contribution in [3.8, 4) is 0 Å². The average molecular weight is 458 g/mol. The SMILES string of the molecule is O=C(Cn1c(=O)c2ccccc2n2cncc12)c1cccc(NS(=O)(=O)c2ccccc2)c1. The Morgan fingerprint density at radius 2 is 1.70 bits per heavy atom. The maximum Gasteiger partial charge on any atom is 0.262 e. The molecule has 0 saturated heterocycles. The quantitative estimate of drug-likeness (QED) is 0.393. The van der Waals surface area contributed by atoms with Gasteiger partial charge in [0.25, 0.3) is 15.6 Å². The average Bonchev–Trinajstić information content (AvgIpc) is 3.32. The van der Waals surface area contributed by atoms with E-state index in [4.69, 9.17) is 0 Å². The third-order valence-corrected chi connectivity index (χ3v) is 6.72. The smallest absolute Gasteiger partial charge is 0.262 e. The van der Waals surface area contributed by atoms with Crippen LogP contribution < -0.4 is 10.3 Å². The van der Waals surface area contributed by atoms with Crippen molar-refractivity contribution >= 4 is 38.0 Å². The van der Waals surface area contributed by atoms with Gasteiger partial charge in [0, 0.05) is 11.3 Å². The molecular formula is C24H18N4O4S. The van der Waals surface area contributed by atoms with Crippen molar-refractivity contribution in [3.05, 3.63) is 107 Å². The first kappa shape index (κ1) is 20.7. The zero-order valence-electron chi connectivity index (χ0n) is 17.3. The lowest BCUT2D eigenvalue weighted by molar-refractivity contribution is 0.0972. The van der Waals surface area contributed by atoms with Crippen molar-refractivity contribution in [1.82, 2.24) is 14.0 Å². The van der Waals surface area contributed by atoms with Crippen LogP contribution >= 0.6 is 0 Å². The summed E-state index contributed by atoms with van der Waals surface area (Å²) in [5.74, 6) is -0.337. The number of anilines is 1. The topological polar surface area (TPSA) is 103 Å². The molecule has 1 N–H and O–H groups in total. The molecule has 5 rings (SSSR count). The summed E-state index contributed by atoms with van der Waals surface area (Å²) in [5.41, 5.74) is 1.43. The van der Waals surface area contributed by atoms with E-state index in [0.29, 0.717) is 16.6 Å². The number of para-hydroxylation sites is 1. The van der Waals surface area contributed by atoms with E-state index in [2.05, 4.69) is 9.71 Å². The lowest BCUT2D eigenvalue weighted by Gasteiger charge is -2.12. The molecule has 0 amide bonds. The number of carbonyl (C=O) groups excluding carboxylic acids is 1. The predicted molar refractivity (Wildman–Crippen MR) is 125 cm³/mol. The fourth-order valence-electron chi connectivity index (χ4n) is 3.74. The number of hydrogen-bond donors (Lipinski definition) is 1. The summed E-state index contributed by atoms with van der Waals surface area (Å²) in [6, 6.07) is 21.3. The van der Waals surface area contributed by atoms with Crippen LogP contribution in [0.15, 0.2) is 101 Å². The largest absolute Gasteiger partial charge is 0.292 e. The predicted octanol–water partition coefficient (Wildman–Crippen LogP) is 3.33. The Kier molecular flexibility index (Phi) is 5.02. The van der Waals surface area contributed by atoms with Gasteiger partial charge in [0.2, 0.25) is 0 Å². The number of nitrogens with zero attached hydrogens (tertiary/aromatic N) is 3. The molecule has 0 radical (unpaired) electrons. The number of sulfonamides is 1. The summed E-state index contributed by atoms with van der Waals surface area (Å²) < 4.78 is 30.8. The first-order chi connectivity index (χ1) is 15.9. The number of benzene rings is 3. The Morgan fingerprint density at radius 1 is 0.939 bits per heavy atom. The van der Waals surface area contributed by atoms with Crippen LogP contribution in [0.3, 0.4) is 0 Å². The van der Waals surface area contributed by atoms with Crippen LogP contribution in [0.25, 0.3) is 16.6 Å². The monoisotopic (exact) mass is 458 g/mol. The van der Waals surface area contributed by atoms with Crippen molar-refractivity contribution < 1.29 is 13.2 Å². The molecule has 0 saturated carbocycles. The number of carbonyl (C=O) groups is 1.